The Morgan fingerprint density at radius 3 is 1.14 bits per heavy atom. The fourth-order valence-corrected chi connectivity index (χ4v) is 4.82. The van der Waals surface area contributed by atoms with Crippen LogP contribution in [0.1, 0.15) is 11.1 Å². The van der Waals surface area contributed by atoms with Crippen LogP contribution in [-0.2, 0) is 0 Å². The second-order valence-electron chi connectivity index (χ2n) is 4.86. The van der Waals surface area contributed by atoms with Gasteiger partial charge in [-0.1, -0.05) is 11.8 Å². The standard InChI is InChI=1S/C14H8N2.C6F3I3/c1(3-13-5-9-15-10-6-13)2-4-14-7-11-16-12-8-14;7-1-4(10)2(8)6(12)3(9)5(1)11/h5-12H;. The zero-order valence-corrected chi connectivity index (χ0v) is 20.3. The molecule has 0 unspecified atom stereocenters. The number of rotatable bonds is 0. The van der Waals surface area contributed by atoms with E-state index in [0.29, 0.717) is 0 Å². The van der Waals surface area contributed by atoms with Gasteiger partial charge in [0.25, 0.3) is 0 Å². The lowest BCUT2D eigenvalue weighted by atomic mass is 10.2. The third-order valence-corrected chi connectivity index (χ3v) is 5.83. The van der Waals surface area contributed by atoms with Crippen LogP contribution in [0.25, 0.3) is 0 Å². The maximum Gasteiger partial charge on any atom is 0.155 e. The number of aromatic nitrogens is 2. The van der Waals surface area contributed by atoms with Gasteiger partial charge in [-0.25, -0.2) is 13.2 Å². The minimum absolute atomic E-state index is 0.164. The van der Waals surface area contributed by atoms with E-state index in [9.17, 15) is 13.2 Å². The van der Waals surface area contributed by atoms with Gasteiger partial charge >= 0.3 is 0 Å². The number of halogens is 6. The van der Waals surface area contributed by atoms with Crippen LogP contribution in [0.5, 0.6) is 0 Å². The van der Waals surface area contributed by atoms with Crippen molar-refractivity contribution in [2.45, 2.75) is 0 Å². The van der Waals surface area contributed by atoms with Crippen LogP contribution in [0, 0.1) is 51.8 Å². The highest BCUT2D eigenvalue weighted by Gasteiger charge is 2.20. The minimum atomic E-state index is -0.827. The Labute approximate surface area is 201 Å². The summed E-state index contributed by atoms with van der Waals surface area (Å²) >= 11 is 4.53. The summed E-state index contributed by atoms with van der Waals surface area (Å²) in [6.07, 6.45) is 6.83. The van der Waals surface area contributed by atoms with Crippen molar-refractivity contribution in [1.29, 1.82) is 0 Å². The summed E-state index contributed by atoms with van der Waals surface area (Å²) in [5.74, 6) is 8.97. The molecule has 0 aliphatic rings. The van der Waals surface area contributed by atoms with Crippen molar-refractivity contribution in [3.05, 3.63) is 88.3 Å². The van der Waals surface area contributed by atoms with E-state index in [0.717, 1.165) is 11.1 Å². The normalized spacial score (nSPS) is 9.21. The van der Waals surface area contributed by atoms with Crippen molar-refractivity contribution in [3.63, 3.8) is 0 Å². The molecule has 2 heterocycles. The molecule has 8 heteroatoms. The van der Waals surface area contributed by atoms with E-state index in [1.54, 1.807) is 24.8 Å². The van der Waals surface area contributed by atoms with Crippen molar-refractivity contribution in [1.82, 2.24) is 9.97 Å². The number of benzene rings is 1. The van der Waals surface area contributed by atoms with Crippen molar-refractivity contribution in [3.8, 4) is 23.7 Å². The smallest absolute Gasteiger partial charge is 0.155 e. The first kappa shape index (κ1) is 22.9. The first-order chi connectivity index (χ1) is 13.4. The Morgan fingerprint density at radius 2 is 0.857 bits per heavy atom. The van der Waals surface area contributed by atoms with Crippen molar-refractivity contribution >= 4 is 67.8 Å². The fourth-order valence-electron chi connectivity index (χ4n) is 1.66. The maximum absolute atomic E-state index is 12.9. The summed E-state index contributed by atoms with van der Waals surface area (Å²) in [5.41, 5.74) is 1.83. The number of hydrogen-bond donors (Lipinski definition) is 0. The van der Waals surface area contributed by atoms with Crippen molar-refractivity contribution in [2.75, 3.05) is 0 Å². The Morgan fingerprint density at radius 1 is 0.571 bits per heavy atom. The van der Waals surface area contributed by atoms with E-state index in [1.165, 1.54) is 67.8 Å². The molecule has 0 radical (unpaired) electrons. The molecule has 0 fully saturated rings. The van der Waals surface area contributed by atoms with Crippen LogP contribution in [0.3, 0.4) is 0 Å². The molecule has 0 bridgehead atoms. The van der Waals surface area contributed by atoms with Crippen LogP contribution in [-0.4, -0.2) is 9.97 Å². The molecule has 2 aromatic heterocycles. The fraction of sp³-hybridized carbons (Fsp3) is 0. The monoisotopic (exact) mass is 714 g/mol. The molecule has 2 nitrogen and oxygen atoms in total. The molecule has 3 aromatic rings. The average Bonchev–Trinajstić information content (AvgIpc) is 2.74. The molecule has 0 aliphatic carbocycles. The van der Waals surface area contributed by atoms with E-state index in [2.05, 4.69) is 33.6 Å². The molecule has 1 aromatic carbocycles. The Kier molecular flexibility index (Phi) is 9.47. The summed E-state index contributed by atoms with van der Waals surface area (Å²) in [6.45, 7) is 0. The topological polar surface area (TPSA) is 25.8 Å². The zero-order chi connectivity index (χ0) is 20.5. The van der Waals surface area contributed by atoms with Gasteiger partial charge in [0.1, 0.15) is 0 Å². The number of nitrogens with zero attached hydrogens (tertiary/aromatic N) is 2. The van der Waals surface area contributed by atoms with E-state index in [1.807, 2.05) is 24.3 Å². The largest absolute Gasteiger partial charge is 0.265 e. The molecule has 0 N–H and O–H groups in total. The van der Waals surface area contributed by atoms with Gasteiger partial charge in [0.2, 0.25) is 0 Å². The highest BCUT2D eigenvalue weighted by atomic mass is 127. The van der Waals surface area contributed by atoms with Gasteiger partial charge in [0.15, 0.2) is 17.5 Å². The highest BCUT2D eigenvalue weighted by Crippen LogP contribution is 2.28. The number of hydrogen-bond acceptors (Lipinski definition) is 2. The first-order valence-electron chi connectivity index (χ1n) is 7.40. The van der Waals surface area contributed by atoms with Gasteiger partial charge < -0.3 is 0 Å². The molecule has 0 amide bonds. The lowest BCUT2D eigenvalue weighted by Gasteiger charge is -2.03. The Bertz CT molecular complexity index is 924. The summed E-state index contributed by atoms with van der Waals surface area (Å²) in [4.78, 5) is 7.82. The number of pyridine rings is 2. The van der Waals surface area contributed by atoms with E-state index < -0.39 is 17.5 Å². The SMILES string of the molecule is C(C#Cc1ccncc1)#Cc1ccncc1.Fc1c(I)c(F)c(I)c(F)c1I. The van der Waals surface area contributed by atoms with Gasteiger partial charge in [-0.3, -0.25) is 9.97 Å². The molecular weight excluding hydrogens is 706 g/mol. The molecule has 0 saturated heterocycles. The van der Waals surface area contributed by atoms with Crippen LogP contribution >= 0.6 is 67.8 Å². The van der Waals surface area contributed by atoms with Gasteiger partial charge in [0.05, 0.1) is 10.7 Å². The Hall–Kier alpha value is -1.38. The minimum Gasteiger partial charge on any atom is -0.265 e. The third-order valence-electron chi connectivity index (χ3n) is 2.99. The van der Waals surface area contributed by atoms with Crippen LogP contribution in [0.4, 0.5) is 13.2 Å². The molecule has 0 saturated carbocycles. The second kappa shape index (κ2) is 11.6. The van der Waals surface area contributed by atoms with Gasteiger partial charge in [-0.15, -0.1) is 0 Å². The lowest BCUT2D eigenvalue weighted by Crippen LogP contribution is -2.01. The van der Waals surface area contributed by atoms with Crippen molar-refractivity contribution < 1.29 is 13.2 Å². The van der Waals surface area contributed by atoms with Crippen molar-refractivity contribution in [2.24, 2.45) is 0 Å². The van der Waals surface area contributed by atoms with Crippen LogP contribution in [0.15, 0.2) is 49.1 Å². The molecular formula is C20H8F3I3N2. The van der Waals surface area contributed by atoms with E-state index >= 15 is 0 Å². The van der Waals surface area contributed by atoms with Gasteiger partial charge in [0, 0.05) is 35.9 Å². The predicted octanol–water partition coefficient (Wildman–Crippen LogP) is 5.80. The highest BCUT2D eigenvalue weighted by molar-refractivity contribution is 14.1. The quantitative estimate of drug-likeness (QED) is 0.128. The van der Waals surface area contributed by atoms with Crippen LogP contribution in [0.2, 0.25) is 0 Å². The molecule has 140 valence electrons. The Balaban J connectivity index is 0.000000209. The average molecular weight is 714 g/mol. The summed E-state index contributed by atoms with van der Waals surface area (Å²) in [5, 5.41) is 0. The van der Waals surface area contributed by atoms with Gasteiger partial charge in [-0.05, 0) is 104 Å². The van der Waals surface area contributed by atoms with E-state index in [-0.39, 0.29) is 10.7 Å². The summed E-state index contributed by atoms with van der Waals surface area (Å²) < 4.78 is 38.3. The molecule has 0 spiro atoms. The van der Waals surface area contributed by atoms with E-state index in [4.69, 9.17) is 0 Å². The maximum atomic E-state index is 12.9. The molecule has 3 rings (SSSR count). The summed E-state index contributed by atoms with van der Waals surface area (Å²) in [7, 11) is 0. The van der Waals surface area contributed by atoms with Crippen LogP contribution < -0.4 is 0 Å². The third kappa shape index (κ3) is 6.60. The first-order valence-corrected chi connectivity index (χ1v) is 10.6. The zero-order valence-electron chi connectivity index (χ0n) is 13.8. The molecule has 28 heavy (non-hydrogen) atoms. The predicted molar refractivity (Wildman–Crippen MR) is 127 cm³/mol. The molecule has 0 atom stereocenters. The summed E-state index contributed by atoms with van der Waals surface area (Å²) in [6, 6.07) is 7.39. The molecule has 0 aliphatic heterocycles. The second-order valence-corrected chi connectivity index (χ2v) is 8.09. The van der Waals surface area contributed by atoms with Gasteiger partial charge in [-0.2, -0.15) is 0 Å². The lowest BCUT2D eigenvalue weighted by molar-refractivity contribution is 0.515.